The summed E-state index contributed by atoms with van der Waals surface area (Å²) < 4.78 is 47.9. The monoisotopic (exact) mass is 380 g/mol. The molecule has 0 radical (unpaired) electrons. The largest absolute Gasteiger partial charge is 0.492 e. The number of hydrogen-bond donors (Lipinski definition) is 1. The Morgan fingerprint density at radius 2 is 1.89 bits per heavy atom. The molecule has 1 aliphatic rings. The Morgan fingerprint density at radius 1 is 1.19 bits per heavy atom. The number of nitrogens with zero attached hydrogens (tertiary/aromatic N) is 2. The number of benzene rings is 1. The van der Waals surface area contributed by atoms with E-state index in [9.17, 15) is 22.8 Å². The van der Waals surface area contributed by atoms with Crippen molar-refractivity contribution in [1.82, 2.24) is 9.88 Å². The summed E-state index contributed by atoms with van der Waals surface area (Å²) in [5.74, 6) is -4.92. The van der Waals surface area contributed by atoms with E-state index in [0.29, 0.717) is 19.5 Å². The average molecular weight is 380 g/mol. The molecule has 1 N–H and O–H groups in total. The van der Waals surface area contributed by atoms with Gasteiger partial charge in [-0.2, -0.15) is 0 Å². The van der Waals surface area contributed by atoms with Crippen molar-refractivity contribution in [2.45, 2.75) is 12.8 Å². The topological polar surface area (TPSA) is 79.7 Å². The minimum absolute atomic E-state index is 0.00571. The number of aromatic nitrogens is 1. The van der Waals surface area contributed by atoms with Crippen LogP contribution in [0, 0.1) is 17.5 Å². The number of ether oxygens (including phenoxy) is 1. The summed E-state index contributed by atoms with van der Waals surface area (Å²) in [7, 11) is 0. The molecular weight excluding hydrogens is 365 g/mol. The standard InChI is InChI=1S/C18H15F3N2O4/c19-11-3-4-14(18(25)26)22-17(11)16-12(20)8-10(9-13(16)21)27-7-6-23-5-1-2-15(23)24/h3-4,8-9H,1-2,5-7H2,(H,25,26). The molecule has 0 aliphatic carbocycles. The van der Waals surface area contributed by atoms with Gasteiger partial charge in [0.25, 0.3) is 0 Å². The highest BCUT2D eigenvalue weighted by Crippen LogP contribution is 2.30. The van der Waals surface area contributed by atoms with Crippen molar-refractivity contribution < 1.29 is 32.6 Å². The molecule has 0 atom stereocenters. The second-order valence-electron chi connectivity index (χ2n) is 5.93. The van der Waals surface area contributed by atoms with Gasteiger partial charge in [-0.15, -0.1) is 0 Å². The van der Waals surface area contributed by atoms with Gasteiger partial charge in [-0.3, -0.25) is 4.79 Å². The summed E-state index contributed by atoms with van der Waals surface area (Å²) in [5, 5.41) is 8.92. The van der Waals surface area contributed by atoms with Crippen LogP contribution in [0.2, 0.25) is 0 Å². The van der Waals surface area contributed by atoms with Crippen molar-refractivity contribution >= 4 is 11.9 Å². The summed E-state index contributed by atoms with van der Waals surface area (Å²) >= 11 is 0. The highest BCUT2D eigenvalue weighted by atomic mass is 19.1. The molecule has 2 aromatic rings. The molecule has 142 valence electrons. The van der Waals surface area contributed by atoms with E-state index in [4.69, 9.17) is 9.84 Å². The summed E-state index contributed by atoms with van der Waals surface area (Å²) in [5.41, 5.74) is -2.06. The Bertz CT molecular complexity index is 881. The molecule has 3 rings (SSSR count). The van der Waals surface area contributed by atoms with Gasteiger partial charge in [0, 0.05) is 25.1 Å². The quantitative estimate of drug-likeness (QED) is 0.834. The Hall–Kier alpha value is -3.10. The highest BCUT2D eigenvalue weighted by molar-refractivity contribution is 5.86. The van der Waals surface area contributed by atoms with Crippen LogP contribution in [0.3, 0.4) is 0 Å². The number of hydrogen-bond acceptors (Lipinski definition) is 4. The predicted octanol–water partition coefficient (Wildman–Crippen LogP) is 2.87. The molecule has 1 aromatic heterocycles. The van der Waals surface area contributed by atoms with Crippen molar-refractivity contribution in [3.8, 4) is 17.0 Å². The number of pyridine rings is 1. The smallest absolute Gasteiger partial charge is 0.354 e. The minimum Gasteiger partial charge on any atom is -0.492 e. The van der Waals surface area contributed by atoms with Crippen LogP contribution in [0.15, 0.2) is 24.3 Å². The molecule has 1 aromatic carbocycles. The van der Waals surface area contributed by atoms with Crippen LogP contribution in [0.5, 0.6) is 5.75 Å². The summed E-state index contributed by atoms with van der Waals surface area (Å²) in [4.78, 5) is 27.5. The van der Waals surface area contributed by atoms with Crippen LogP contribution >= 0.6 is 0 Å². The van der Waals surface area contributed by atoms with E-state index >= 15 is 0 Å². The van der Waals surface area contributed by atoms with Crippen LogP contribution in [0.4, 0.5) is 13.2 Å². The molecule has 1 saturated heterocycles. The van der Waals surface area contributed by atoms with Gasteiger partial charge < -0.3 is 14.7 Å². The van der Waals surface area contributed by atoms with Gasteiger partial charge in [0.15, 0.2) is 0 Å². The van der Waals surface area contributed by atoms with Gasteiger partial charge in [0.2, 0.25) is 5.91 Å². The van der Waals surface area contributed by atoms with Crippen molar-refractivity contribution in [2.24, 2.45) is 0 Å². The number of halogens is 3. The van der Waals surface area contributed by atoms with E-state index in [1.807, 2.05) is 0 Å². The lowest BCUT2D eigenvalue weighted by atomic mass is 10.1. The maximum absolute atomic E-state index is 14.4. The van der Waals surface area contributed by atoms with Crippen molar-refractivity contribution in [1.29, 1.82) is 0 Å². The molecule has 1 fully saturated rings. The third-order valence-corrected chi connectivity index (χ3v) is 4.12. The van der Waals surface area contributed by atoms with Gasteiger partial charge in [0.05, 0.1) is 12.1 Å². The minimum atomic E-state index is -1.45. The summed E-state index contributed by atoms with van der Waals surface area (Å²) in [6.07, 6.45) is 1.25. The van der Waals surface area contributed by atoms with Crippen molar-refractivity contribution in [2.75, 3.05) is 19.7 Å². The maximum Gasteiger partial charge on any atom is 0.354 e. The molecule has 0 saturated carbocycles. The Kier molecular flexibility index (Phi) is 5.29. The van der Waals surface area contributed by atoms with Crippen molar-refractivity contribution in [3.63, 3.8) is 0 Å². The maximum atomic E-state index is 14.4. The van der Waals surface area contributed by atoms with Crippen LogP contribution < -0.4 is 4.74 Å². The second kappa shape index (κ2) is 7.65. The number of rotatable bonds is 6. The molecule has 2 heterocycles. The molecule has 0 spiro atoms. The van der Waals surface area contributed by atoms with Gasteiger partial charge in [0.1, 0.15) is 41.2 Å². The number of carboxylic acids is 1. The first-order chi connectivity index (χ1) is 12.9. The van der Waals surface area contributed by atoms with E-state index in [-0.39, 0.29) is 18.3 Å². The van der Waals surface area contributed by atoms with Crippen molar-refractivity contribution in [3.05, 3.63) is 47.4 Å². The molecule has 6 nitrogen and oxygen atoms in total. The van der Waals surface area contributed by atoms with Crippen LogP contribution in [0.25, 0.3) is 11.3 Å². The van der Waals surface area contributed by atoms with Gasteiger partial charge in [-0.05, 0) is 18.6 Å². The van der Waals surface area contributed by atoms with Gasteiger partial charge >= 0.3 is 5.97 Å². The lowest BCUT2D eigenvalue weighted by molar-refractivity contribution is -0.128. The number of carboxylic acid groups (broad SMARTS) is 1. The lowest BCUT2D eigenvalue weighted by Gasteiger charge is -2.16. The highest BCUT2D eigenvalue weighted by Gasteiger charge is 2.22. The third-order valence-electron chi connectivity index (χ3n) is 4.12. The van der Waals surface area contributed by atoms with Crippen LogP contribution in [-0.4, -0.2) is 46.6 Å². The van der Waals surface area contributed by atoms with E-state index in [0.717, 1.165) is 30.7 Å². The SMILES string of the molecule is O=C(O)c1ccc(F)c(-c2c(F)cc(OCCN3CCCC3=O)cc2F)n1. The fraction of sp³-hybridized carbons (Fsp3) is 0.278. The van der Waals surface area contributed by atoms with E-state index in [2.05, 4.69) is 4.98 Å². The van der Waals surface area contributed by atoms with E-state index < -0.39 is 40.4 Å². The molecular formula is C18H15F3N2O4. The van der Waals surface area contributed by atoms with E-state index in [1.54, 1.807) is 4.90 Å². The first kappa shape index (κ1) is 18.7. The lowest BCUT2D eigenvalue weighted by Crippen LogP contribution is -2.29. The Labute approximate surface area is 152 Å². The number of amides is 1. The average Bonchev–Trinajstić information content (AvgIpc) is 3.01. The number of aromatic carboxylic acids is 1. The fourth-order valence-electron chi connectivity index (χ4n) is 2.81. The molecule has 1 amide bonds. The zero-order valence-electron chi connectivity index (χ0n) is 14.0. The fourth-order valence-corrected chi connectivity index (χ4v) is 2.81. The molecule has 0 bridgehead atoms. The van der Waals surface area contributed by atoms with Gasteiger partial charge in [-0.25, -0.2) is 22.9 Å². The van der Waals surface area contributed by atoms with Crippen LogP contribution in [0.1, 0.15) is 23.3 Å². The van der Waals surface area contributed by atoms with E-state index in [1.165, 1.54) is 0 Å². The first-order valence-corrected chi connectivity index (χ1v) is 8.16. The van der Waals surface area contributed by atoms with Gasteiger partial charge in [-0.1, -0.05) is 0 Å². The number of likely N-dealkylation sites (tertiary alicyclic amines) is 1. The predicted molar refractivity (Wildman–Crippen MR) is 87.8 cm³/mol. The Morgan fingerprint density at radius 3 is 2.48 bits per heavy atom. The second-order valence-corrected chi connectivity index (χ2v) is 5.93. The zero-order valence-corrected chi connectivity index (χ0v) is 14.0. The molecule has 0 unspecified atom stereocenters. The third kappa shape index (κ3) is 4.02. The molecule has 27 heavy (non-hydrogen) atoms. The normalized spacial score (nSPS) is 13.9. The number of carbonyl (C=O) groups excluding carboxylic acids is 1. The zero-order chi connectivity index (χ0) is 19.6. The first-order valence-electron chi connectivity index (χ1n) is 8.16. The Balaban J connectivity index is 1.80. The van der Waals surface area contributed by atoms with Crippen LogP contribution in [-0.2, 0) is 4.79 Å². The number of carbonyl (C=O) groups is 2. The summed E-state index contributed by atoms with van der Waals surface area (Å²) in [6, 6.07) is 3.40. The summed E-state index contributed by atoms with van der Waals surface area (Å²) in [6.45, 7) is 0.959. The molecule has 1 aliphatic heterocycles. The molecule has 9 heteroatoms.